The van der Waals surface area contributed by atoms with E-state index in [9.17, 15) is 19.5 Å². The zero-order chi connectivity index (χ0) is 35.3. The van der Waals surface area contributed by atoms with Crippen LogP contribution in [0.5, 0.6) is 0 Å². The maximum atomic E-state index is 13.7. The Morgan fingerprint density at radius 1 is 0.959 bits per heavy atom. The number of fused-ring (bicyclic) bond motifs is 7. The fraction of sp³-hybridized carbons (Fsp3) is 0.690. The number of ether oxygens (including phenoxy) is 1. The molecule has 0 bridgehead atoms. The maximum Gasteiger partial charge on any atom is 0.410 e. The lowest BCUT2D eigenvalue weighted by Gasteiger charge is -2.72. The predicted molar refractivity (Wildman–Crippen MR) is 192 cm³/mol. The van der Waals surface area contributed by atoms with Crippen molar-refractivity contribution in [2.24, 2.45) is 51.2 Å². The average molecular weight is 671 g/mol. The number of amides is 2. The Balaban J connectivity index is 1.18. The van der Waals surface area contributed by atoms with Gasteiger partial charge in [-0.2, -0.15) is 0 Å². The molecule has 5 aliphatic carbocycles. The van der Waals surface area contributed by atoms with Gasteiger partial charge in [-0.05, 0) is 146 Å². The molecule has 1 heterocycles. The number of carboxylic acids is 1. The summed E-state index contributed by atoms with van der Waals surface area (Å²) >= 11 is 0. The molecule has 1 saturated heterocycles. The lowest BCUT2D eigenvalue weighted by molar-refractivity contribution is -0.219. The van der Waals surface area contributed by atoms with Gasteiger partial charge in [0.25, 0.3) is 0 Å². The third-order valence-corrected chi connectivity index (χ3v) is 16.0. The number of rotatable bonds is 6. The van der Waals surface area contributed by atoms with Crippen LogP contribution in [0.15, 0.2) is 42.5 Å². The lowest BCUT2D eigenvalue weighted by atomic mass is 9.33. The van der Waals surface area contributed by atoms with E-state index in [1.54, 1.807) is 17.0 Å². The molecule has 49 heavy (non-hydrogen) atoms. The zero-order valence-electron chi connectivity index (χ0n) is 30.9. The molecule has 0 aromatic heterocycles. The van der Waals surface area contributed by atoms with Crippen molar-refractivity contribution < 1.29 is 24.2 Å². The third-order valence-electron chi connectivity index (χ3n) is 16.0. The maximum absolute atomic E-state index is 13.7. The van der Waals surface area contributed by atoms with E-state index >= 15 is 0 Å². The number of allylic oxidation sites excluding steroid dienone is 3. The molecule has 2 N–H and O–H groups in total. The Bertz CT molecular complexity index is 1600. The summed E-state index contributed by atoms with van der Waals surface area (Å²) in [5.41, 5.74) is 4.29. The highest BCUT2D eigenvalue weighted by Crippen LogP contribution is 2.76. The quantitative estimate of drug-likeness (QED) is 0.295. The van der Waals surface area contributed by atoms with Gasteiger partial charge in [-0.25, -0.2) is 9.59 Å². The molecule has 0 unspecified atom stereocenters. The number of hydrogen-bond donors (Lipinski definition) is 2. The van der Waals surface area contributed by atoms with Crippen LogP contribution >= 0.6 is 0 Å². The van der Waals surface area contributed by atoms with Crippen LogP contribution in [0.3, 0.4) is 0 Å². The zero-order valence-corrected chi connectivity index (χ0v) is 30.9. The van der Waals surface area contributed by atoms with Crippen LogP contribution in [-0.2, 0) is 9.53 Å². The van der Waals surface area contributed by atoms with E-state index in [0.29, 0.717) is 41.8 Å². The van der Waals surface area contributed by atoms with Crippen molar-refractivity contribution >= 4 is 23.5 Å². The highest BCUT2D eigenvalue weighted by molar-refractivity contribution is 5.88. The van der Waals surface area contributed by atoms with Crippen LogP contribution in [0.4, 0.5) is 4.79 Å². The molecule has 7 nitrogen and oxygen atoms in total. The summed E-state index contributed by atoms with van der Waals surface area (Å²) in [6.07, 6.45) is 12.0. The van der Waals surface area contributed by atoms with E-state index in [1.165, 1.54) is 36.8 Å². The highest BCUT2D eigenvalue weighted by atomic mass is 16.6. The molecule has 5 fully saturated rings. The summed E-state index contributed by atoms with van der Waals surface area (Å²) in [6, 6.07) is 7.41. The largest absolute Gasteiger partial charge is 0.478 e. The number of carbonyl (C=O) groups excluding carboxylic acids is 2. The van der Waals surface area contributed by atoms with Crippen molar-refractivity contribution in [1.82, 2.24) is 10.2 Å². The molecule has 7 heteroatoms. The van der Waals surface area contributed by atoms with Gasteiger partial charge in [0.05, 0.1) is 11.6 Å². The van der Waals surface area contributed by atoms with Crippen molar-refractivity contribution in [2.45, 2.75) is 118 Å². The van der Waals surface area contributed by atoms with E-state index < -0.39 is 12.1 Å². The number of nitrogens with one attached hydrogen (secondary N) is 1. The van der Waals surface area contributed by atoms with Gasteiger partial charge in [-0.15, -0.1) is 0 Å². The van der Waals surface area contributed by atoms with Crippen LogP contribution in [0.2, 0.25) is 0 Å². The Kier molecular flexibility index (Phi) is 8.04. The number of carbonyl (C=O) groups is 3. The van der Waals surface area contributed by atoms with Crippen molar-refractivity contribution in [3.63, 3.8) is 0 Å². The summed E-state index contributed by atoms with van der Waals surface area (Å²) in [5, 5.41) is 13.1. The second-order valence-corrected chi connectivity index (χ2v) is 18.4. The standard InChI is InChI=1S/C42H58N2O5/c1-25(2)29-15-20-42(43-34(45)23-44-26(3)24-49-37(44)48)22-21-40(7)31(35(29)42)13-14-33-39(6)18-16-30(27-9-11-28(12-10-27)36(46)47)38(4,5)32(39)17-19-41(33,40)8/h9-12,16,26,29,31-33,35H,1,13-15,17-24H2,2-8H3,(H,43,45)(H,46,47)/t26-,29-,31+,32-,33+,35+,39-,40+,41+,42-/m0/s1. The van der Waals surface area contributed by atoms with E-state index in [0.717, 1.165) is 37.7 Å². The first kappa shape index (κ1) is 34.4. The monoisotopic (exact) mass is 670 g/mol. The van der Waals surface area contributed by atoms with Crippen LogP contribution in [0.25, 0.3) is 5.57 Å². The SMILES string of the molecule is C=C(C)[C@@H]1CC[C@]2(NC(=O)CN3C(=O)OC[C@@H]3C)CC[C@]3(C)[C@H](CC[C@@H]4[C@@]5(C)CC=C(c6ccc(C(=O)O)cc6)C(C)(C)[C@@H]5CC[C@]43C)[C@@H]12. The minimum atomic E-state index is -0.885. The van der Waals surface area contributed by atoms with Crippen molar-refractivity contribution in [2.75, 3.05) is 13.2 Å². The number of cyclic esters (lactones) is 1. The van der Waals surface area contributed by atoms with Gasteiger partial charge in [0, 0.05) is 5.54 Å². The summed E-state index contributed by atoms with van der Waals surface area (Å²) in [4.78, 5) is 39.2. The molecule has 1 aromatic rings. The Morgan fingerprint density at radius 3 is 2.31 bits per heavy atom. The minimum absolute atomic E-state index is 0.0292. The van der Waals surface area contributed by atoms with Crippen molar-refractivity contribution in [3.05, 3.63) is 53.6 Å². The summed E-state index contributed by atoms with van der Waals surface area (Å²) in [5.74, 6) is 1.43. The first-order valence-corrected chi connectivity index (χ1v) is 18.9. The summed E-state index contributed by atoms with van der Waals surface area (Å²) in [6.45, 7) is 21.7. The number of nitrogens with zero attached hydrogens (tertiary/aromatic N) is 1. The lowest BCUT2D eigenvalue weighted by Crippen LogP contribution is -2.68. The fourth-order valence-electron chi connectivity index (χ4n) is 13.5. The molecule has 10 atom stereocenters. The number of hydrogen-bond acceptors (Lipinski definition) is 4. The predicted octanol–water partition coefficient (Wildman–Crippen LogP) is 8.75. The molecule has 4 saturated carbocycles. The van der Waals surface area contributed by atoms with Gasteiger partial charge in [0.2, 0.25) is 5.91 Å². The number of carboxylic acid groups (broad SMARTS) is 1. The normalized spacial score (nSPS) is 42.1. The van der Waals surface area contributed by atoms with Crippen LogP contribution < -0.4 is 5.32 Å². The topological polar surface area (TPSA) is 95.9 Å². The fourth-order valence-corrected chi connectivity index (χ4v) is 13.5. The van der Waals surface area contributed by atoms with E-state index in [-0.39, 0.29) is 45.7 Å². The Morgan fingerprint density at radius 2 is 1.67 bits per heavy atom. The van der Waals surface area contributed by atoms with Crippen LogP contribution in [0.1, 0.15) is 122 Å². The van der Waals surface area contributed by atoms with E-state index in [1.807, 2.05) is 19.1 Å². The molecule has 0 radical (unpaired) electrons. The van der Waals surface area contributed by atoms with Gasteiger partial charge >= 0.3 is 12.1 Å². The molecule has 266 valence electrons. The van der Waals surface area contributed by atoms with Gasteiger partial charge in [-0.3, -0.25) is 9.69 Å². The van der Waals surface area contributed by atoms with Crippen LogP contribution in [0, 0.1) is 51.2 Å². The second kappa shape index (κ2) is 11.5. The molecular weight excluding hydrogens is 612 g/mol. The van der Waals surface area contributed by atoms with E-state index in [2.05, 4.69) is 59.5 Å². The average Bonchev–Trinajstić information content (AvgIpc) is 3.56. The number of aromatic carboxylic acids is 1. The molecular formula is C42H58N2O5. The first-order chi connectivity index (χ1) is 23.0. The third kappa shape index (κ3) is 4.90. The Labute approximate surface area is 293 Å². The first-order valence-electron chi connectivity index (χ1n) is 18.9. The molecule has 1 aliphatic heterocycles. The van der Waals surface area contributed by atoms with Gasteiger partial charge < -0.3 is 15.2 Å². The molecule has 1 aromatic carbocycles. The second-order valence-electron chi connectivity index (χ2n) is 18.4. The molecule has 7 rings (SSSR count). The smallest absolute Gasteiger partial charge is 0.410 e. The molecule has 0 spiro atoms. The van der Waals surface area contributed by atoms with Crippen molar-refractivity contribution in [1.29, 1.82) is 0 Å². The molecule has 6 aliphatic rings. The minimum Gasteiger partial charge on any atom is -0.478 e. The number of benzene rings is 1. The molecule has 2 amide bonds. The summed E-state index contributed by atoms with van der Waals surface area (Å²) < 4.78 is 5.22. The summed E-state index contributed by atoms with van der Waals surface area (Å²) in [7, 11) is 0. The van der Waals surface area contributed by atoms with Crippen molar-refractivity contribution in [3.8, 4) is 0 Å². The highest BCUT2D eigenvalue weighted by Gasteiger charge is 2.70. The van der Waals surface area contributed by atoms with E-state index in [4.69, 9.17) is 4.74 Å². The van der Waals surface area contributed by atoms with Gasteiger partial charge in [-0.1, -0.05) is 65.0 Å². The van der Waals surface area contributed by atoms with Crippen LogP contribution in [-0.4, -0.2) is 52.7 Å². The van der Waals surface area contributed by atoms with Gasteiger partial charge in [0.1, 0.15) is 13.2 Å². The Hall–Kier alpha value is -3.09. The van der Waals surface area contributed by atoms with Gasteiger partial charge in [0.15, 0.2) is 0 Å².